The lowest BCUT2D eigenvalue weighted by molar-refractivity contribution is 0.0951. The van der Waals surface area contributed by atoms with Crippen LogP contribution in [0.2, 0.25) is 0 Å². The molecule has 1 unspecified atom stereocenters. The van der Waals surface area contributed by atoms with Gasteiger partial charge in [-0.1, -0.05) is 30.3 Å². The van der Waals surface area contributed by atoms with Crippen LogP contribution in [0.5, 0.6) is 5.75 Å². The Bertz CT molecular complexity index is 670. The van der Waals surface area contributed by atoms with Gasteiger partial charge in [-0.3, -0.25) is 4.79 Å². The Hall–Kier alpha value is -2.33. The maximum absolute atomic E-state index is 12.5. The summed E-state index contributed by atoms with van der Waals surface area (Å²) in [7, 11) is 0. The Balaban J connectivity index is 1.57. The van der Waals surface area contributed by atoms with Crippen LogP contribution < -0.4 is 15.4 Å². The number of nitrogens with one attached hydrogen (secondary N) is 2. The van der Waals surface area contributed by atoms with E-state index in [4.69, 9.17) is 4.74 Å². The number of hydrogen-bond acceptors (Lipinski definition) is 4. The van der Waals surface area contributed by atoms with Crippen LogP contribution in [0.1, 0.15) is 22.8 Å². The first kappa shape index (κ1) is 15.6. The van der Waals surface area contributed by atoms with Gasteiger partial charge in [-0.05, 0) is 43.7 Å². The zero-order valence-corrected chi connectivity index (χ0v) is 13.3. The van der Waals surface area contributed by atoms with Gasteiger partial charge in [-0.2, -0.15) is 0 Å². The second kappa shape index (κ2) is 7.29. The normalized spacial score (nSPS) is 14.3. The number of Topliss-reactive ketones (excluding diaryl/α,β-unsaturated/α-hetero) is 1. The largest absolute Gasteiger partial charge is 0.490 e. The molecule has 1 aliphatic rings. The summed E-state index contributed by atoms with van der Waals surface area (Å²) >= 11 is 0. The Kier molecular flexibility index (Phi) is 4.93. The highest BCUT2D eigenvalue weighted by Crippen LogP contribution is 2.28. The SMILES string of the molecule is CC(NCCc1ccccc1)C(=O)c1ccc2c(c1)NCCO2. The van der Waals surface area contributed by atoms with Crippen LogP contribution in [0.15, 0.2) is 48.5 Å². The zero-order chi connectivity index (χ0) is 16.1. The molecule has 1 atom stereocenters. The van der Waals surface area contributed by atoms with Crippen molar-refractivity contribution in [1.29, 1.82) is 0 Å². The Morgan fingerprint density at radius 2 is 2.09 bits per heavy atom. The van der Waals surface area contributed by atoms with Gasteiger partial charge in [0.1, 0.15) is 12.4 Å². The predicted molar refractivity (Wildman–Crippen MR) is 92.4 cm³/mol. The zero-order valence-electron chi connectivity index (χ0n) is 13.3. The number of carbonyl (C=O) groups excluding carboxylic acids is 1. The molecule has 0 bridgehead atoms. The molecule has 2 N–H and O–H groups in total. The van der Waals surface area contributed by atoms with Crippen LogP contribution >= 0.6 is 0 Å². The van der Waals surface area contributed by atoms with E-state index in [1.807, 2.05) is 43.3 Å². The van der Waals surface area contributed by atoms with Gasteiger partial charge in [0.05, 0.1) is 11.7 Å². The minimum absolute atomic E-state index is 0.105. The van der Waals surface area contributed by atoms with E-state index in [1.54, 1.807) is 0 Å². The molecule has 0 saturated carbocycles. The van der Waals surface area contributed by atoms with Gasteiger partial charge < -0.3 is 15.4 Å². The summed E-state index contributed by atoms with van der Waals surface area (Å²) < 4.78 is 5.54. The van der Waals surface area contributed by atoms with E-state index in [9.17, 15) is 4.79 Å². The molecule has 0 aromatic heterocycles. The summed E-state index contributed by atoms with van der Waals surface area (Å²) in [5.41, 5.74) is 2.88. The van der Waals surface area contributed by atoms with Crippen molar-refractivity contribution in [3.05, 3.63) is 59.7 Å². The summed E-state index contributed by atoms with van der Waals surface area (Å²) in [6.45, 7) is 4.13. The summed E-state index contributed by atoms with van der Waals surface area (Å²) in [6.07, 6.45) is 0.915. The average molecular weight is 310 g/mol. The number of carbonyl (C=O) groups is 1. The highest BCUT2D eigenvalue weighted by atomic mass is 16.5. The van der Waals surface area contributed by atoms with E-state index < -0.39 is 0 Å². The molecular weight excluding hydrogens is 288 g/mol. The third-order valence-corrected chi connectivity index (χ3v) is 4.04. The molecule has 0 fully saturated rings. The fraction of sp³-hybridized carbons (Fsp3) is 0.316. The molecule has 23 heavy (non-hydrogen) atoms. The van der Waals surface area contributed by atoms with Gasteiger partial charge in [0.2, 0.25) is 0 Å². The molecule has 0 radical (unpaired) electrons. The number of hydrogen-bond donors (Lipinski definition) is 2. The Morgan fingerprint density at radius 3 is 2.91 bits per heavy atom. The molecule has 0 spiro atoms. The van der Waals surface area contributed by atoms with Crippen molar-refractivity contribution in [3.63, 3.8) is 0 Å². The number of ketones is 1. The fourth-order valence-corrected chi connectivity index (χ4v) is 2.71. The number of anilines is 1. The van der Waals surface area contributed by atoms with Crippen molar-refractivity contribution in [2.24, 2.45) is 0 Å². The van der Waals surface area contributed by atoms with Crippen LogP contribution in [-0.2, 0) is 6.42 Å². The van der Waals surface area contributed by atoms with Crippen LogP contribution in [0.25, 0.3) is 0 Å². The van der Waals surface area contributed by atoms with Crippen molar-refractivity contribution < 1.29 is 9.53 Å². The van der Waals surface area contributed by atoms with E-state index in [0.29, 0.717) is 12.2 Å². The Labute approximate surface area is 136 Å². The maximum atomic E-state index is 12.5. The van der Waals surface area contributed by atoms with E-state index in [-0.39, 0.29) is 11.8 Å². The lowest BCUT2D eigenvalue weighted by atomic mass is 10.0. The molecule has 0 amide bonds. The fourth-order valence-electron chi connectivity index (χ4n) is 2.71. The number of fused-ring (bicyclic) bond motifs is 1. The third kappa shape index (κ3) is 3.90. The average Bonchev–Trinajstić information content (AvgIpc) is 2.61. The first-order valence-electron chi connectivity index (χ1n) is 8.06. The van der Waals surface area contributed by atoms with Gasteiger partial charge in [0.15, 0.2) is 5.78 Å². The second-order valence-corrected chi connectivity index (χ2v) is 5.76. The minimum atomic E-state index is -0.207. The molecular formula is C19H22N2O2. The van der Waals surface area contributed by atoms with Crippen LogP contribution in [-0.4, -0.2) is 31.5 Å². The monoisotopic (exact) mass is 310 g/mol. The number of ether oxygens (including phenoxy) is 1. The molecule has 1 aliphatic heterocycles. The molecule has 120 valence electrons. The highest BCUT2D eigenvalue weighted by Gasteiger charge is 2.17. The topological polar surface area (TPSA) is 50.4 Å². The van der Waals surface area contributed by atoms with E-state index in [0.717, 1.165) is 30.9 Å². The lowest BCUT2D eigenvalue weighted by Crippen LogP contribution is -2.35. The number of benzene rings is 2. The van der Waals surface area contributed by atoms with E-state index >= 15 is 0 Å². The molecule has 2 aromatic carbocycles. The molecule has 4 nitrogen and oxygen atoms in total. The lowest BCUT2D eigenvalue weighted by Gasteiger charge is -2.20. The second-order valence-electron chi connectivity index (χ2n) is 5.76. The van der Waals surface area contributed by atoms with Crippen molar-refractivity contribution >= 4 is 11.5 Å². The Morgan fingerprint density at radius 1 is 1.26 bits per heavy atom. The smallest absolute Gasteiger partial charge is 0.179 e. The summed E-state index contributed by atoms with van der Waals surface area (Å²) in [6, 6.07) is 15.7. The molecule has 2 aromatic rings. The van der Waals surface area contributed by atoms with Gasteiger partial charge in [0, 0.05) is 12.1 Å². The van der Waals surface area contributed by atoms with Crippen molar-refractivity contribution in [1.82, 2.24) is 5.32 Å². The van der Waals surface area contributed by atoms with Gasteiger partial charge in [-0.25, -0.2) is 0 Å². The third-order valence-electron chi connectivity index (χ3n) is 4.04. The van der Waals surface area contributed by atoms with E-state index in [2.05, 4.69) is 22.8 Å². The first-order valence-corrected chi connectivity index (χ1v) is 8.06. The first-order chi connectivity index (χ1) is 11.2. The van der Waals surface area contributed by atoms with Gasteiger partial charge in [0.25, 0.3) is 0 Å². The van der Waals surface area contributed by atoms with Crippen molar-refractivity contribution in [2.45, 2.75) is 19.4 Å². The van der Waals surface area contributed by atoms with Crippen molar-refractivity contribution in [3.8, 4) is 5.75 Å². The number of rotatable bonds is 6. The van der Waals surface area contributed by atoms with Gasteiger partial charge in [-0.15, -0.1) is 0 Å². The molecule has 0 saturated heterocycles. The summed E-state index contributed by atoms with van der Waals surface area (Å²) in [5, 5.41) is 6.57. The standard InChI is InChI=1S/C19H22N2O2/c1-14(20-10-9-15-5-3-2-4-6-15)19(22)16-7-8-18-17(13-16)21-11-12-23-18/h2-8,13-14,20-21H,9-12H2,1H3. The van der Waals surface area contributed by atoms with Crippen LogP contribution in [0.3, 0.4) is 0 Å². The molecule has 3 rings (SSSR count). The highest BCUT2D eigenvalue weighted by molar-refractivity contribution is 6.01. The quantitative estimate of drug-likeness (QED) is 0.806. The van der Waals surface area contributed by atoms with E-state index in [1.165, 1.54) is 5.56 Å². The molecule has 4 heteroatoms. The van der Waals surface area contributed by atoms with Crippen LogP contribution in [0, 0.1) is 0 Å². The molecule has 0 aliphatic carbocycles. The predicted octanol–water partition coefficient (Wildman–Crippen LogP) is 2.89. The van der Waals surface area contributed by atoms with Crippen molar-refractivity contribution in [2.75, 3.05) is 25.0 Å². The molecule has 1 heterocycles. The maximum Gasteiger partial charge on any atom is 0.179 e. The summed E-state index contributed by atoms with van der Waals surface area (Å²) in [4.78, 5) is 12.5. The van der Waals surface area contributed by atoms with Gasteiger partial charge >= 0.3 is 0 Å². The minimum Gasteiger partial charge on any atom is -0.490 e. The van der Waals surface area contributed by atoms with Crippen LogP contribution in [0.4, 0.5) is 5.69 Å². The summed E-state index contributed by atoms with van der Waals surface area (Å²) in [5.74, 6) is 0.922.